The van der Waals surface area contributed by atoms with Crippen LogP contribution in [-0.2, 0) is 6.42 Å². The SMILES string of the molecule is C[C@]1(Cc2cccc(-c3ccc(F)c(C#N)c3)c2)CNCCN1C(=O)O. The Labute approximate surface area is 151 Å². The average Bonchev–Trinajstić information content (AvgIpc) is 2.62. The van der Waals surface area contributed by atoms with E-state index in [0.717, 1.165) is 16.7 Å². The third kappa shape index (κ3) is 3.53. The molecule has 26 heavy (non-hydrogen) atoms. The minimum absolute atomic E-state index is 0.00778. The number of carboxylic acid groups (broad SMARTS) is 1. The summed E-state index contributed by atoms with van der Waals surface area (Å²) in [6.07, 6.45) is -0.353. The molecule has 0 bridgehead atoms. The fourth-order valence-corrected chi connectivity index (χ4v) is 3.49. The lowest BCUT2D eigenvalue weighted by Gasteiger charge is -2.43. The first-order valence-electron chi connectivity index (χ1n) is 8.43. The third-order valence-corrected chi connectivity index (χ3v) is 4.83. The van der Waals surface area contributed by atoms with Gasteiger partial charge in [0.25, 0.3) is 0 Å². The van der Waals surface area contributed by atoms with Gasteiger partial charge in [-0.25, -0.2) is 9.18 Å². The molecule has 0 radical (unpaired) electrons. The average molecular weight is 353 g/mol. The number of nitrogens with one attached hydrogen (secondary N) is 1. The highest BCUT2D eigenvalue weighted by Crippen LogP contribution is 2.27. The van der Waals surface area contributed by atoms with E-state index in [1.54, 1.807) is 6.07 Å². The maximum atomic E-state index is 13.6. The lowest BCUT2D eigenvalue weighted by molar-refractivity contribution is 0.0667. The van der Waals surface area contributed by atoms with Crippen molar-refractivity contribution in [2.24, 2.45) is 0 Å². The highest BCUT2D eigenvalue weighted by atomic mass is 19.1. The Morgan fingerprint density at radius 3 is 2.85 bits per heavy atom. The predicted octanol–water partition coefficient (Wildman–Crippen LogP) is 3.25. The molecular weight excluding hydrogens is 333 g/mol. The number of halogens is 1. The lowest BCUT2D eigenvalue weighted by Crippen LogP contribution is -2.62. The Balaban J connectivity index is 1.90. The van der Waals surface area contributed by atoms with Gasteiger partial charge in [-0.3, -0.25) is 0 Å². The van der Waals surface area contributed by atoms with E-state index in [4.69, 9.17) is 5.26 Å². The molecule has 1 saturated heterocycles. The molecule has 1 amide bonds. The highest BCUT2D eigenvalue weighted by Gasteiger charge is 2.37. The van der Waals surface area contributed by atoms with E-state index in [9.17, 15) is 14.3 Å². The molecule has 0 aromatic heterocycles. The normalized spacial score (nSPS) is 19.8. The van der Waals surface area contributed by atoms with Gasteiger partial charge in [0.2, 0.25) is 0 Å². The summed E-state index contributed by atoms with van der Waals surface area (Å²) in [6.45, 7) is 3.62. The van der Waals surface area contributed by atoms with E-state index in [1.165, 1.54) is 17.0 Å². The molecule has 2 aromatic rings. The number of nitriles is 1. The Kier molecular flexibility index (Phi) is 4.92. The summed E-state index contributed by atoms with van der Waals surface area (Å²) in [7, 11) is 0. The molecule has 0 aliphatic carbocycles. The maximum absolute atomic E-state index is 13.6. The molecule has 1 aliphatic heterocycles. The van der Waals surface area contributed by atoms with Crippen LogP contribution in [-0.4, -0.2) is 41.3 Å². The molecule has 3 rings (SSSR count). The number of amides is 1. The Morgan fingerprint density at radius 2 is 2.12 bits per heavy atom. The van der Waals surface area contributed by atoms with Crippen LogP contribution < -0.4 is 5.32 Å². The second-order valence-corrected chi connectivity index (χ2v) is 6.79. The molecule has 5 nitrogen and oxygen atoms in total. The molecule has 2 N–H and O–H groups in total. The van der Waals surface area contributed by atoms with Crippen LogP contribution in [0.25, 0.3) is 11.1 Å². The quantitative estimate of drug-likeness (QED) is 0.888. The number of hydrogen-bond donors (Lipinski definition) is 2. The summed E-state index contributed by atoms with van der Waals surface area (Å²) in [5.74, 6) is -0.537. The summed E-state index contributed by atoms with van der Waals surface area (Å²) in [5, 5.41) is 21.8. The molecular formula is C20H20FN3O2. The number of benzene rings is 2. The highest BCUT2D eigenvalue weighted by molar-refractivity contribution is 5.67. The van der Waals surface area contributed by atoms with Crippen molar-refractivity contribution < 1.29 is 14.3 Å². The van der Waals surface area contributed by atoms with E-state index in [1.807, 2.05) is 37.3 Å². The van der Waals surface area contributed by atoms with Gasteiger partial charge < -0.3 is 15.3 Å². The van der Waals surface area contributed by atoms with Crippen molar-refractivity contribution >= 4 is 6.09 Å². The first-order chi connectivity index (χ1) is 12.4. The van der Waals surface area contributed by atoms with Crippen molar-refractivity contribution in [2.45, 2.75) is 18.9 Å². The largest absolute Gasteiger partial charge is 0.465 e. The van der Waals surface area contributed by atoms with Crippen LogP contribution in [0, 0.1) is 17.1 Å². The van der Waals surface area contributed by atoms with Gasteiger partial charge in [-0.05, 0) is 42.2 Å². The van der Waals surface area contributed by atoms with Crippen molar-refractivity contribution in [3.05, 3.63) is 59.4 Å². The minimum Gasteiger partial charge on any atom is -0.465 e. The van der Waals surface area contributed by atoms with Gasteiger partial charge in [0, 0.05) is 19.6 Å². The third-order valence-electron chi connectivity index (χ3n) is 4.83. The molecule has 0 saturated carbocycles. The van der Waals surface area contributed by atoms with Crippen molar-refractivity contribution in [3.8, 4) is 17.2 Å². The van der Waals surface area contributed by atoms with Crippen molar-refractivity contribution in [1.82, 2.24) is 10.2 Å². The van der Waals surface area contributed by atoms with Crippen LogP contribution in [0.1, 0.15) is 18.1 Å². The number of piperazine rings is 1. The first-order valence-corrected chi connectivity index (χ1v) is 8.43. The van der Waals surface area contributed by atoms with E-state index < -0.39 is 17.4 Å². The maximum Gasteiger partial charge on any atom is 0.407 e. The fraction of sp³-hybridized carbons (Fsp3) is 0.300. The number of hydrogen-bond acceptors (Lipinski definition) is 3. The monoisotopic (exact) mass is 353 g/mol. The van der Waals surface area contributed by atoms with E-state index in [0.29, 0.717) is 26.1 Å². The second kappa shape index (κ2) is 7.14. The van der Waals surface area contributed by atoms with E-state index in [-0.39, 0.29) is 5.56 Å². The van der Waals surface area contributed by atoms with Gasteiger partial charge in [0.1, 0.15) is 11.9 Å². The lowest BCUT2D eigenvalue weighted by atomic mass is 9.88. The fourth-order valence-electron chi connectivity index (χ4n) is 3.49. The van der Waals surface area contributed by atoms with Gasteiger partial charge in [0.15, 0.2) is 0 Å². The van der Waals surface area contributed by atoms with Gasteiger partial charge in [-0.15, -0.1) is 0 Å². The molecule has 0 spiro atoms. The van der Waals surface area contributed by atoms with Gasteiger partial charge in [-0.2, -0.15) is 5.26 Å². The van der Waals surface area contributed by atoms with Gasteiger partial charge in [0.05, 0.1) is 11.1 Å². The molecule has 0 unspecified atom stereocenters. The molecule has 2 aromatic carbocycles. The zero-order chi connectivity index (χ0) is 18.7. The Hall–Kier alpha value is -2.91. The zero-order valence-corrected chi connectivity index (χ0v) is 14.5. The number of rotatable bonds is 3. The van der Waals surface area contributed by atoms with Crippen molar-refractivity contribution in [2.75, 3.05) is 19.6 Å². The summed E-state index contributed by atoms with van der Waals surface area (Å²) < 4.78 is 13.6. The predicted molar refractivity (Wildman–Crippen MR) is 96.3 cm³/mol. The summed E-state index contributed by atoms with van der Waals surface area (Å²) in [4.78, 5) is 13.1. The second-order valence-electron chi connectivity index (χ2n) is 6.79. The van der Waals surface area contributed by atoms with Crippen LogP contribution in [0.5, 0.6) is 0 Å². The molecule has 134 valence electrons. The standard InChI is InChI=1S/C20H20FN3O2/c1-20(13-23-7-8-24(20)19(25)26)11-14-3-2-4-15(9-14)16-5-6-18(21)17(10-16)12-22/h2-6,9-10,23H,7-8,11,13H2,1H3,(H,25,26)/t20-/m0/s1. The van der Waals surface area contributed by atoms with E-state index >= 15 is 0 Å². The molecule has 1 heterocycles. The van der Waals surface area contributed by atoms with Gasteiger partial charge >= 0.3 is 6.09 Å². The minimum atomic E-state index is -0.914. The summed E-state index contributed by atoms with van der Waals surface area (Å²) in [6, 6.07) is 14.0. The van der Waals surface area contributed by atoms with Crippen LogP contribution in [0.2, 0.25) is 0 Å². The van der Waals surface area contributed by atoms with Gasteiger partial charge in [-0.1, -0.05) is 30.3 Å². The molecule has 1 atom stereocenters. The Bertz CT molecular complexity index is 878. The number of nitrogens with zero attached hydrogens (tertiary/aromatic N) is 2. The van der Waals surface area contributed by atoms with Crippen LogP contribution in [0.3, 0.4) is 0 Å². The van der Waals surface area contributed by atoms with Crippen LogP contribution in [0.15, 0.2) is 42.5 Å². The number of carbonyl (C=O) groups is 1. The smallest absolute Gasteiger partial charge is 0.407 e. The molecule has 6 heteroatoms. The molecule has 1 aliphatic rings. The van der Waals surface area contributed by atoms with Crippen molar-refractivity contribution in [1.29, 1.82) is 5.26 Å². The molecule has 1 fully saturated rings. The topological polar surface area (TPSA) is 76.4 Å². The Morgan fingerprint density at radius 1 is 1.35 bits per heavy atom. The van der Waals surface area contributed by atoms with Crippen molar-refractivity contribution in [3.63, 3.8) is 0 Å². The summed E-state index contributed by atoms with van der Waals surface area (Å²) in [5.41, 5.74) is 2.08. The first kappa shape index (κ1) is 17.9. The summed E-state index contributed by atoms with van der Waals surface area (Å²) >= 11 is 0. The van der Waals surface area contributed by atoms with Crippen LogP contribution in [0.4, 0.5) is 9.18 Å². The van der Waals surface area contributed by atoms with E-state index in [2.05, 4.69) is 5.32 Å². The zero-order valence-electron chi connectivity index (χ0n) is 14.5. The van der Waals surface area contributed by atoms with Crippen LogP contribution >= 0.6 is 0 Å².